The average molecular weight is 446 g/mol. The molecule has 1 fully saturated rings. The van der Waals surface area contributed by atoms with E-state index in [1.54, 1.807) is 12.1 Å². The molecule has 0 radical (unpaired) electrons. The Hall–Kier alpha value is -1.84. The van der Waals surface area contributed by atoms with E-state index in [4.69, 9.17) is 14.2 Å². The van der Waals surface area contributed by atoms with Crippen LogP contribution >= 0.6 is 0 Å². The van der Waals surface area contributed by atoms with Gasteiger partial charge in [0, 0.05) is 39.5 Å². The van der Waals surface area contributed by atoms with Crippen LogP contribution in [-0.2, 0) is 27.4 Å². The van der Waals surface area contributed by atoms with Crippen LogP contribution in [0.3, 0.4) is 0 Å². The SMILES string of the molecule is CCNC(=NCc1cccc(COCC(F)(F)F)c1)NCCCOCC1CCOCC1. The van der Waals surface area contributed by atoms with E-state index in [9.17, 15) is 13.2 Å². The summed E-state index contributed by atoms with van der Waals surface area (Å²) in [4.78, 5) is 4.55. The minimum Gasteiger partial charge on any atom is -0.381 e. The number of aliphatic imine (C=N–C) groups is 1. The molecule has 0 unspecified atom stereocenters. The van der Waals surface area contributed by atoms with Gasteiger partial charge in [-0.3, -0.25) is 0 Å². The first-order valence-corrected chi connectivity index (χ1v) is 10.9. The summed E-state index contributed by atoms with van der Waals surface area (Å²) >= 11 is 0. The number of alkyl halides is 3. The molecule has 1 aliphatic rings. The number of ether oxygens (including phenoxy) is 3. The molecule has 0 bridgehead atoms. The lowest BCUT2D eigenvalue weighted by molar-refractivity contribution is -0.176. The fraction of sp³-hybridized carbons (Fsp3) is 0.682. The molecule has 0 aromatic heterocycles. The van der Waals surface area contributed by atoms with Crippen molar-refractivity contribution in [1.82, 2.24) is 10.6 Å². The van der Waals surface area contributed by atoms with E-state index in [0.29, 0.717) is 30.6 Å². The van der Waals surface area contributed by atoms with E-state index in [2.05, 4.69) is 15.6 Å². The van der Waals surface area contributed by atoms with Crippen molar-refractivity contribution >= 4 is 5.96 Å². The van der Waals surface area contributed by atoms with Crippen LogP contribution < -0.4 is 10.6 Å². The van der Waals surface area contributed by atoms with Gasteiger partial charge in [0.1, 0.15) is 6.61 Å². The van der Waals surface area contributed by atoms with Crippen LogP contribution in [0.5, 0.6) is 0 Å². The predicted molar refractivity (Wildman–Crippen MR) is 114 cm³/mol. The van der Waals surface area contributed by atoms with Gasteiger partial charge in [-0.05, 0) is 43.2 Å². The highest BCUT2D eigenvalue weighted by Gasteiger charge is 2.27. The van der Waals surface area contributed by atoms with Crippen molar-refractivity contribution < 1.29 is 27.4 Å². The van der Waals surface area contributed by atoms with Crippen LogP contribution in [0.4, 0.5) is 13.2 Å². The van der Waals surface area contributed by atoms with Gasteiger partial charge in [-0.2, -0.15) is 13.2 Å². The summed E-state index contributed by atoms with van der Waals surface area (Å²) in [6.45, 7) is 5.72. The van der Waals surface area contributed by atoms with Crippen molar-refractivity contribution in [3.05, 3.63) is 35.4 Å². The minimum atomic E-state index is -4.32. The number of nitrogens with one attached hydrogen (secondary N) is 2. The highest BCUT2D eigenvalue weighted by molar-refractivity contribution is 5.79. The molecule has 1 aromatic carbocycles. The van der Waals surface area contributed by atoms with Gasteiger partial charge in [-0.15, -0.1) is 0 Å². The van der Waals surface area contributed by atoms with Crippen LogP contribution in [-0.4, -0.2) is 58.3 Å². The number of hydrogen-bond acceptors (Lipinski definition) is 4. The standard InChI is InChI=1S/C22H34F3N3O3/c1-2-26-21(27-9-4-10-30-15-18-7-11-29-12-8-18)28-14-19-5-3-6-20(13-19)16-31-17-22(23,24)25/h3,5-6,13,18H,2,4,7-12,14-17H2,1H3,(H2,26,27,28). The fourth-order valence-corrected chi connectivity index (χ4v) is 3.16. The van der Waals surface area contributed by atoms with E-state index in [1.807, 2.05) is 19.1 Å². The lowest BCUT2D eigenvalue weighted by Crippen LogP contribution is -2.38. The maximum Gasteiger partial charge on any atom is 0.411 e. The molecule has 9 heteroatoms. The minimum absolute atomic E-state index is 0.0801. The van der Waals surface area contributed by atoms with Crippen molar-refractivity contribution in [2.75, 3.05) is 46.1 Å². The highest BCUT2D eigenvalue weighted by Crippen LogP contribution is 2.16. The molecule has 0 atom stereocenters. The molecule has 0 spiro atoms. The Morgan fingerprint density at radius 2 is 1.94 bits per heavy atom. The van der Waals surface area contributed by atoms with E-state index in [1.165, 1.54) is 0 Å². The van der Waals surface area contributed by atoms with Gasteiger partial charge in [-0.25, -0.2) is 4.99 Å². The van der Waals surface area contributed by atoms with Gasteiger partial charge in [0.05, 0.1) is 13.2 Å². The largest absolute Gasteiger partial charge is 0.411 e. The fourth-order valence-electron chi connectivity index (χ4n) is 3.16. The van der Waals surface area contributed by atoms with Gasteiger partial charge in [-0.1, -0.05) is 24.3 Å². The van der Waals surface area contributed by atoms with Crippen LogP contribution in [0.2, 0.25) is 0 Å². The molecular weight excluding hydrogens is 411 g/mol. The molecule has 0 amide bonds. The lowest BCUT2D eigenvalue weighted by atomic mass is 10.0. The van der Waals surface area contributed by atoms with Gasteiger partial charge in [0.15, 0.2) is 5.96 Å². The maximum atomic E-state index is 12.2. The maximum absolute atomic E-state index is 12.2. The quantitative estimate of drug-likeness (QED) is 0.292. The molecule has 0 aliphatic carbocycles. The summed E-state index contributed by atoms with van der Waals surface area (Å²) in [6.07, 6.45) is -1.29. The number of hydrogen-bond donors (Lipinski definition) is 2. The molecule has 176 valence electrons. The Balaban J connectivity index is 1.69. The smallest absolute Gasteiger partial charge is 0.381 e. The van der Waals surface area contributed by atoms with Crippen molar-refractivity contribution in [2.45, 2.75) is 45.5 Å². The van der Waals surface area contributed by atoms with Crippen molar-refractivity contribution in [3.8, 4) is 0 Å². The predicted octanol–water partition coefficient (Wildman–Crippen LogP) is 3.65. The van der Waals surface area contributed by atoms with Gasteiger partial charge >= 0.3 is 6.18 Å². The number of rotatable bonds is 12. The van der Waals surface area contributed by atoms with Crippen LogP contribution in [0.15, 0.2) is 29.3 Å². The van der Waals surface area contributed by atoms with Crippen LogP contribution in [0, 0.1) is 5.92 Å². The Kier molecular flexibility index (Phi) is 11.7. The monoisotopic (exact) mass is 445 g/mol. The normalized spacial score (nSPS) is 15.8. The molecule has 1 saturated heterocycles. The summed E-state index contributed by atoms with van der Waals surface area (Å²) in [6, 6.07) is 7.25. The summed E-state index contributed by atoms with van der Waals surface area (Å²) < 4.78 is 52.5. The Morgan fingerprint density at radius 3 is 2.68 bits per heavy atom. The van der Waals surface area contributed by atoms with Crippen molar-refractivity contribution in [1.29, 1.82) is 0 Å². The third kappa shape index (κ3) is 11.9. The van der Waals surface area contributed by atoms with E-state index < -0.39 is 12.8 Å². The molecule has 0 saturated carbocycles. The number of benzene rings is 1. The lowest BCUT2D eigenvalue weighted by Gasteiger charge is -2.21. The first kappa shape index (κ1) is 25.4. The summed E-state index contributed by atoms with van der Waals surface area (Å²) in [7, 11) is 0. The Morgan fingerprint density at radius 1 is 1.16 bits per heavy atom. The molecule has 2 rings (SSSR count). The molecule has 2 N–H and O–H groups in total. The first-order chi connectivity index (χ1) is 15.0. The Bertz CT molecular complexity index is 650. The van der Waals surface area contributed by atoms with Crippen LogP contribution in [0.1, 0.15) is 37.3 Å². The summed E-state index contributed by atoms with van der Waals surface area (Å²) in [5.74, 6) is 1.31. The zero-order valence-electron chi connectivity index (χ0n) is 18.2. The number of guanidine groups is 1. The van der Waals surface area contributed by atoms with Gasteiger partial charge < -0.3 is 24.8 Å². The van der Waals surface area contributed by atoms with E-state index in [0.717, 1.165) is 57.7 Å². The second-order valence-electron chi connectivity index (χ2n) is 7.53. The van der Waals surface area contributed by atoms with Crippen molar-refractivity contribution in [2.24, 2.45) is 10.9 Å². The van der Waals surface area contributed by atoms with Crippen LogP contribution in [0.25, 0.3) is 0 Å². The third-order valence-electron chi connectivity index (χ3n) is 4.74. The highest BCUT2D eigenvalue weighted by atomic mass is 19.4. The molecular formula is C22H34F3N3O3. The average Bonchev–Trinajstić information content (AvgIpc) is 2.74. The molecule has 1 aromatic rings. The zero-order chi connectivity index (χ0) is 22.4. The van der Waals surface area contributed by atoms with Gasteiger partial charge in [0.25, 0.3) is 0 Å². The number of nitrogens with zero attached hydrogens (tertiary/aromatic N) is 1. The van der Waals surface area contributed by atoms with E-state index >= 15 is 0 Å². The second kappa shape index (κ2) is 14.3. The van der Waals surface area contributed by atoms with Gasteiger partial charge in [0.2, 0.25) is 0 Å². The Labute approximate surface area is 182 Å². The molecule has 1 aliphatic heterocycles. The van der Waals surface area contributed by atoms with Crippen molar-refractivity contribution in [3.63, 3.8) is 0 Å². The zero-order valence-corrected chi connectivity index (χ0v) is 18.2. The first-order valence-electron chi connectivity index (χ1n) is 10.9. The topological polar surface area (TPSA) is 64.1 Å². The molecule has 31 heavy (non-hydrogen) atoms. The molecule has 6 nitrogen and oxygen atoms in total. The van der Waals surface area contributed by atoms with E-state index in [-0.39, 0.29) is 6.61 Å². The summed E-state index contributed by atoms with van der Waals surface area (Å²) in [5.41, 5.74) is 1.60. The number of halogens is 3. The third-order valence-corrected chi connectivity index (χ3v) is 4.74. The second-order valence-corrected chi connectivity index (χ2v) is 7.53. The molecule has 1 heterocycles. The summed E-state index contributed by atoms with van der Waals surface area (Å²) in [5, 5.41) is 6.48.